The molecule has 3 N–H and O–H groups in total. The molecule has 0 aromatic carbocycles. The van der Waals surface area contributed by atoms with Crippen LogP contribution in [-0.2, 0) is 27.9 Å². The third-order valence-electron chi connectivity index (χ3n) is 12.8. The third kappa shape index (κ3) is 52.3. The lowest BCUT2D eigenvalue weighted by molar-refractivity contribution is -0.154. The van der Waals surface area contributed by atoms with Gasteiger partial charge in [-0.15, -0.1) is 0 Å². The average molecular weight is 916 g/mol. The van der Waals surface area contributed by atoms with Crippen molar-refractivity contribution in [3.63, 3.8) is 0 Å². The van der Waals surface area contributed by atoms with E-state index in [-0.39, 0.29) is 32.3 Å². The molecule has 0 aromatic heterocycles. The maximum absolute atomic E-state index is 12.7. The first-order valence-corrected chi connectivity index (χ1v) is 29.5. The number of unbranched alkanes of at least 4 members (excludes halogenated alkanes) is 42. The number of hydrogen-bond donors (Lipinski definition) is 2. The fourth-order valence-electron chi connectivity index (χ4n) is 8.65. The molecule has 0 aliphatic carbocycles. The molecular formula is C54H110NO7P. The summed E-state index contributed by atoms with van der Waals surface area (Å²) < 4.78 is 33.7. The highest BCUT2D eigenvalue weighted by atomic mass is 31.2. The largest absolute Gasteiger partial charge is 0.472 e. The topological polar surface area (TPSA) is 117 Å². The molecule has 8 nitrogen and oxygen atoms in total. The second-order valence-corrected chi connectivity index (χ2v) is 20.6. The number of carbonyl (C=O) groups is 1. The Kier molecular flexibility index (Phi) is 52.1. The molecule has 0 bridgehead atoms. The van der Waals surface area contributed by atoms with Gasteiger partial charge >= 0.3 is 13.8 Å². The molecule has 0 aromatic rings. The minimum Gasteiger partial charge on any atom is -0.457 e. The maximum atomic E-state index is 12.7. The highest BCUT2D eigenvalue weighted by Gasteiger charge is 2.25. The Bertz CT molecular complexity index is 940. The molecule has 9 heteroatoms. The summed E-state index contributed by atoms with van der Waals surface area (Å²) in [6.45, 7) is 5.02. The fraction of sp³-hybridized carbons (Fsp3) is 0.981. The molecule has 0 spiro atoms. The molecule has 2 unspecified atom stereocenters. The Hall–Kier alpha value is -0.500. The van der Waals surface area contributed by atoms with Crippen LogP contribution in [0.1, 0.15) is 303 Å². The van der Waals surface area contributed by atoms with Crippen molar-refractivity contribution in [1.29, 1.82) is 0 Å². The first kappa shape index (κ1) is 62.5. The highest BCUT2D eigenvalue weighted by Crippen LogP contribution is 2.43. The summed E-state index contributed by atoms with van der Waals surface area (Å²) in [6, 6.07) is 0. The van der Waals surface area contributed by atoms with Crippen LogP contribution in [0.25, 0.3) is 0 Å². The van der Waals surface area contributed by atoms with Crippen molar-refractivity contribution in [3.05, 3.63) is 0 Å². The van der Waals surface area contributed by atoms with E-state index in [1.807, 2.05) is 0 Å². The van der Waals surface area contributed by atoms with Gasteiger partial charge in [0.25, 0.3) is 0 Å². The Labute approximate surface area is 392 Å². The number of esters is 1. The lowest BCUT2D eigenvalue weighted by Crippen LogP contribution is -2.28. The normalized spacial score (nSPS) is 13.1. The average Bonchev–Trinajstić information content (AvgIpc) is 3.28. The first-order chi connectivity index (χ1) is 30.9. The van der Waals surface area contributed by atoms with Crippen LogP contribution >= 0.6 is 7.82 Å². The van der Waals surface area contributed by atoms with E-state index in [2.05, 4.69) is 13.8 Å². The van der Waals surface area contributed by atoms with Crippen molar-refractivity contribution < 1.29 is 32.8 Å². The van der Waals surface area contributed by atoms with Crippen LogP contribution in [0.2, 0.25) is 0 Å². The Morgan fingerprint density at radius 3 is 1.00 bits per heavy atom. The van der Waals surface area contributed by atoms with Crippen LogP contribution in [0.5, 0.6) is 0 Å². The quantitative estimate of drug-likeness (QED) is 0.0352. The van der Waals surface area contributed by atoms with Crippen molar-refractivity contribution in [2.45, 2.75) is 309 Å². The van der Waals surface area contributed by atoms with Gasteiger partial charge in [-0.25, -0.2) is 4.57 Å². The lowest BCUT2D eigenvalue weighted by atomic mass is 10.0. The first-order valence-electron chi connectivity index (χ1n) is 28.0. The zero-order valence-electron chi connectivity index (χ0n) is 42.4. The molecule has 0 amide bonds. The van der Waals surface area contributed by atoms with Gasteiger partial charge in [0, 0.05) is 19.6 Å². The Balaban J connectivity index is 3.82. The molecule has 0 aliphatic heterocycles. The van der Waals surface area contributed by atoms with E-state index in [1.54, 1.807) is 0 Å². The van der Waals surface area contributed by atoms with Crippen LogP contribution in [0.4, 0.5) is 0 Å². The monoisotopic (exact) mass is 916 g/mol. The zero-order chi connectivity index (χ0) is 45.8. The smallest absolute Gasteiger partial charge is 0.457 e. The minimum atomic E-state index is -4.28. The Morgan fingerprint density at radius 1 is 0.413 bits per heavy atom. The van der Waals surface area contributed by atoms with E-state index < -0.39 is 13.9 Å². The molecule has 0 fully saturated rings. The van der Waals surface area contributed by atoms with E-state index in [4.69, 9.17) is 24.3 Å². The van der Waals surface area contributed by atoms with Crippen molar-refractivity contribution >= 4 is 13.8 Å². The molecule has 0 heterocycles. The van der Waals surface area contributed by atoms with Crippen molar-refractivity contribution in [3.8, 4) is 0 Å². The lowest BCUT2D eigenvalue weighted by Gasteiger charge is -2.20. The van der Waals surface area contributed by atoms with Gasteiger partial charge < -0.3 is 20.1 Å². The maximum Gasteiger partial charge on any atom is 0.472 e. The van der Waals surface area contributed by atoms with Crippen LogP contribution in [-0.4, -0.2) is 49.9 Å². The van der Waals surface area contributed by atoms with E-state index in [9.17, 15) is 14.3 Å². The molecule has 0 rings (SSSR count). The summed E-state index contributed by atoms with van der Waals surface area (Å²) in [5, 5.41) is 0. The van der Waals surface area contributed by atoms with Gasteiger partial charge in [0.1, 0.15) is 6.10 Å². The van der Waals surface area contributed by atoms with Gasteiger partial charge in [-0.05, 0) is 12.8 Å². The number of phosphoric acid groups is 1. The summed E-state index contributed by atoms with van der Waals surface area (Å²) in [7, 11) is -4.28. The second-order valence-electron chi connectivity index (χ2n) is 19.2. The van der Waals surface area contributed by atoms with Crippen LogP contribution < -0.4 is 5.73 Å². The number of hydrogen-bond acceptors (Lipinski definition) is 7. The SMILES string of the molecule is CCCCCCCCCCCCCCCCCCCCCCCCCCCC(=O)OC(COCCCCCCCCCCCCCCCCCCCCC)COP(=O)(O)OCCN. The molecule has 0 saturated carbocycles. The number of phosphoric ester groups is 1. The minimum absolute atomic E-state index is 0.0896. The fourth-order valence-corrected chi connectivity index (χ4v) is 9.41. The second kappa shape index (κ2) is 52.5. The van der Waals surface area contributed by atoms with E-state index in [0.29, 0.717) is 13.0 Å². The number of rotatable bonds is 55. The predicted molar refractivity (Wildman–Crippen MR) is 271 cm³/mol. The molecule has 2 atom stereocenters. The number of ether oxygens (including phenoxy) is 2. The third-order valence-corrected chi connectivity index (χ3v) is 13.8. The van der Waals surface area contributed by atoms with Gasteiger partial charge in [0.15, 0.2) is 0 Å². The summed E-state index contributed by atoms with van der Waals surface area (Å²) in [6.07, 6.45) is 58.7. The van der Waals surface area contributed by atoms with Crippen LogP contribution in [0.3, 0.4) is 0 Å². The van der Waals surface area contributed by atoms with E-state index >= 15 is 0 Å². The van der Waals surface area contributed by atoms with Crippen molar-refractivity contribution in [2.75, 3.05) is 33.0 Å². The molecule has 63 heavy (non-hydrogen) atoms. The number of nitrogens with two attached hydrogens (primary N) is 1. The number of carbonyl (C=O) groups excluding carboxylic acids is 1. The molecular weight excluding hydrogens is 806 g/mol. The van der Waals surface area contributed by atoms with Crippen molar-refractivity contribution in [2.24, 2.45) is 5.73 Å². The summed E-state index contributed by atoms with van der Waals surface area (Å²) in [5.74, 6) is -0.319. The van der Waals surface area contributed by atoms with Gasteiger partial charge in [-0.2, -0.15) is 0 Å². The molecule has 0 aliphatic rings. The Morgan fingerprint density at radius 2 is 0.698 bits per heavy atom. The highest BCUT2D eigenvalue weighted by molar-refractivity contribution is 7.47. The van der Waals surface area contributed by atoms with Gasteiger partial charge in [0.05, 0.1) is 19.8 Å². The summed E-state index contributed by atoms with van der Waals surface area (Å²) >= 11 is 0. The van der Waals surface area contributed by atoms with Crippen molar-refractivity contribution in [1.82, 2.24) is 0 Å². The van der Waals surface area contributed by atoms with Crippen LogP contribution in [0, 0.1) is 0 Å². The zero-order valence-corrected chi connectivity index (χ0v) is 43.2. The van der Waals surface area contributed by atoms with E-state index in [0.717, 1.165) is 32.1 Å². The molecule has 0 radical (unpaired) electrons. The van der Waals surface area contributed by atoms with Gasteiger partial charge in [0.2, 0.25) is 0 Å². The molecule has 378 valence electrons. The molecule has 0 saturated heterocycles. The standard InChI is InChI=1S/C54H110NO7P/c1-3-5-7-9-11-13-15-17-19-21-23-24-25-26-27-28-29-31-33-35-37-39-41-43-45-47-54(56)62-53(52-61-63(57,58)60-50-48-55)51-59-49-46-44-42-40-38-36-34-32-30-22-20-18-16-14-12-10-8-6-4-2/h53H,3-52,55H2,1-2H3,(H,57,58). The van der Waals surface area contributed by atoms with Gasteiger partial charge in [-0.1, -0.05) is 284 Å². The van der Waals surface area contributed by atoms with Crippen LogP contribution in [0.15, 0.2) is 0 Å². The van der Waals surface area contributed by atoms with Gasteiger partial charge in [-0.3, -0.25) is 13.8 Å². The summed E-state index contributed by atoms with van der Waals surface area (Å²) in [5.41, 5.74) is 5.40. The summed E-state index contributed by atoms with van der Waals surface area (Å²) in [4.78, 5) is 22.6. The predicted octanol–water partition coefficient (Wildman–Crippen LogP) is 17.6. The van der Waals surface area contributed by atoms with E-state index in [1.165, 1.54) is 250 Å².